The van der Waals surface area contributed by atoms with Crippen LogP contribution >= 0.6 is 0 Å². The average molecular weight is 232 g/mol. The largest absolute Gasteiger partial charge is 0.478 e. The Kier molecular flexibility index (Phi) is 5.75. The van der Waals surface area contributed by atoms with E-state index in [4.69, 9.17) is 9.84 Å². The fourth-order valence-corrected chi connectivity index (χ4v) is 1.45. The molecule has 0 aliphatic carbocycles. The number of carbonyl (C=O) groups is 1. The van der Waals surface area contributed by atoms with Gasteiger partial charge in [0.1, 0.15) is 0 Å². The van der Waals surface area contributed by atoms with E-state index in [9.17, 15) is 4.79 Å². The lowest BCUT2D eigenvalue weighted by Crippen LogP contribution is -1.99. The van der Waals surface area contributed by atoms with Gasteiger partial charge in [0.05, 0.1) is 6.10 Å². The summed E-state index contributed by atoms with van der Waals surface area (Å²) in [5.74, 6) is -0.944. The van der Waals surface area contributed by atoms with Crippen LogP contribution < -0.4 is 0 Å². The lowest BCUT2D eigenvalue weighted by molar-refractivity contribution is -0.131. The van der Waals surface area contributed by atoms with Gasteiger partial charge in [0, 0.05) is 13.2 Å². The topological polar surface area (TPSA) is 46.5 Å². The molecule has 1 aromatic rings. The van der Waals surface area contributed by atoms with Gasteiger partial charge in [-0.3, -0.25) is 0 Å². The van der Waals surface area contributed by atoms with Gasteiger partial charge in [-0.2, -0.15) is 0 Å². The zero-order chi connectivity index (χ0) is 12.5. The lowest BCUT2D eigenvalue weighted by atomic mass is 10.1. The molecule has 0 spiro atoms. The number of benzene rings is 1. The maximum Gasteiger partial charge on any atom is 0.328 e. The van der Waals surface area contributed by atoms with E-state index < -0.39 is 5.97 Å². The number of aliphatic carboxylic acids is 1. The molecule has 1 aromatic carbocycles. The first-order chi connectivity index (χ1) is 8.24. The van der Waals surface area contributed by atoms with Gasteiger partial charge in [-0.15, -0.1) is 0 Å². The summed E-state index contributed by atoms with van der Waals surface area (Å²) in [6.45, 7) is 0. The molecule has 0 aliphatic heterocycles. The third-order valence-electron chi connectivity index (χ3n) is 2.29. The van der Waals surface area contributed by atoms with Crippen molar-refractivity contribution < 1.29 is 14.6 Å². The smallest absolute Gasteiger partial charge is 0.328 e. The summed E-state index contributed by atoms with van der Waals surface area (Å²) in [6, 6.07) is 9.91. The van der Waals surface area contributed by atoms with E-state index >= 15 is 0 Å². The van der Waals surface area contributed by atoms with Crippen molar-refractivity contribution in [3.05, 3.63) is 60.2 Å². The van der Waals surface area contributed by atoms with Crippen molar-refractivity contribution in [1.29, 1.82) is 0 Å². The Morgan fingerprint density at radius 1 is 1.35 bits per heavy atom. The van der Waals surface area contributed by atoms with Crippen LogP contribution in [0.15, 0.2) is 54.6 Å². The maximum atomic E-state index is 10.2. The Morgan fingerprint density at radius 2 is 2.06 bits per heavy atom. The van der Waals surface area contributed by atoms with E-state index in [0.717, 1.165) is 11.6 Å². The SMILES string of the molecule is COC(C/C=C/C=C/C(=O)O)c1ccccc1. The summed E-state index contributed by atoms with van der Waals surface area (Å²) < 4.78 is 5.37. The Bertz CT molecular complexity index is 393. The number of hydrogen-bond acceptors (Lipinski definition) is 2. The molecule has 0 fully saturated rings. The third kappa shape index (κ3) is 5.13. The maximum absolute atomic E-state index is 10.2. The van der Waals surface area contributed by atoms with Crippen molar-refractivity contribution in [2.45, 2.75) is 12.5 Å². The summed E-state index contributed by atoms with van der Waals surface area (Å²) in [7, 11) is 1.67. The summed E-state index contributed by atoms with van der Waals surface area (Å²) in [5, 5.41) is 8.40. The van der Waals surface area contributed by atoms with Crippen LogP contribution in [0.25, 0.3) is 0 Å². The minimum absolute atomic E-state index is 0.00526. The molecule has 0 amide bonds. The van der Waals surface area contributed by atoms with Gasteiger partial charge in [0.25, 0.3) is 0 Å². The van der Waals surface area contributed by atoms with Gasteiger partial charge in [-0.25, -0.2) is 4.79 Å². The van der Waals surface area contributed by atoms with Crippen LogP contribution in [0.2, 0.25) is 0 Å². The first-order valence-electron chi connectivity index (χ1n) is 5.38. The molecule has 0 radical (unpaired) electrons. The molecule has 1 atom stereocenters. The number of carboxylic acid groups (broad SMARTS) is 1. The van der Waals surface area contributed by atoms with Crippen molar-refractivity contribution in [1.82, 2.24) is 0 Å². The first-order valence-corrected chi connectivity index (χ1v) is 5.38. The summed E-state index contributed by atoms with van der Waals surface area (Å²) in [5.41, 5.74) is 1.11. The molecule has 90 valence electrons. The van der Waals surface area contributed by atoms with Crippen LogP contribution in [0.4, 0.5) is 0 Å². The highest BCUT2D eigenvalue weighted by atomic mass is 16.5. The molecular weight excluding hydrogens is 216 g/mol. The molecule has 17 heavy (non-hydrogen) atoms. The number of methoxy groups -OCH3 is 1. The van der Waals surface area contributed by atoms with Crippen LogP contribution in [-0.2, 0) is 9.53 Å². The number of rotatable bonds is 6. The minimum atomic E-state index is -0.944. The van der Waals surface area contributed by atoms with Crippen LogP contribution in [0.5, 0.6) is 0 Å². The number of hydrogen-bond donors (Lipinski definition) is 1. The number of allylic oxidation sites excluding steroid dienone is 2. The summed E-state index contributed by atoms with van der Waals surface area (Å²) in [4.78, 5) is 10.2. The average Bonchev–Trinajstić information content (AvgIpc) is 2.34. The van der Waals surface area contributed by atoms with Crippen LogP contribution in [0.1, 0.15) is 18.1 Å². The van der Waals surface area contributed by atoms with Crippen molar-refractivity contribution in [2.75, 3.05) is 7.11 Å². The highest BCUT2D eigenvalue weighted by Crippen LogP contribution is 2.20. The van der Waals surface area contributed by atoms with Crippen LogP contribution in [0, 0.1) is 0 Å². The Balaban J connectivity index is 2.51. The molecule has 0 bridgehead atoms. The van der Waals surface area contributed by atoms with E-state index in [1.807, 2.05) is 36.4 Å². The third-order valence-corrected chi connectivity index (χ3v) is 2.29. The Hall–Kier alpha value is -1.87. The van der Waals surface area contributed by atoms with Gasteiger partial charge in [0.2, 0.25) is 0 Å². The van der Waals surface area contributed by atoms with E-state index in [-0.39, 0.29) is 6.10 Å². The van der Waals surface area contributed by atoms with E-state index in [1.54, 1.807) is 13.2 Å². The molecule has 0 heterocycles. The van der Waals surface area contributed by atoms with E-state index in [2.05, 4.69) is 0 Å². The van der Waals surface area contributed by atoms with Crippen molar-refractivity contribution in [2.24, 2.45) is 0 Å². The monoisotopic (exact) mass is 232 g/mol. The molecule has 1 N–H and O–H groups in total. The molecule has 1 rings (SSSR count). The highest BCUT2D eigenvalue weighted by Gasteiger charge is 2.06. The quantitative estimate of drug-likeness (QED) is 0.606. The van der Waals surface area contributed by atoms with Gasteiger partial charge >= 0.3 is 5.97 Å². The molecular formula is C14H16O3. The lowest BCUT2D eigenvalue weighted by Gasteiger charge is -2.13. The van der Waals surface area contributed by atoms with E-state index in [1.165, 1.54) is 6.08 Å². The highest BCUT2D eigenvalue weighted by molar-refractivity contribution is 5.80. The van der Waals surface area contributed by atoms with Crippen molar-refractivity contribution in [3.8, 4) is 0 Å². The van der Waals surface area contributed by atoms with Crippen molar-refractivity contribution in [3.63, 3.8) is 0 Å². The van der Waals surface area contributed by atoms with Gasteiger partial charge < -0.3 is 9.84 Å². The fourth-order valence-electron chi connectivity index (χ4n) is 1.45. The zero-order valence-corrected chi connectivity index (χ0v) is 9.74. The second-order valence-corrected chi connectivity index (χ2v) is 3.50. The second-order valence-electron chi connectivity index (χ2n) is 3.50. The normalized spacial score (nSPS) is 13.2. The van der Waals surface area contributed by atoms with Gasteiger partial charge in [0.15, 0.2) is 0 Å². The molecule has 0 saturated heterocycles. The predicted molar refractivity (Wildman–Crippen MR) is 66.7 cm³/mol. The number of carboxylic acids is 1. The molecule has 0 aliphatic rings. The first kappa shape index (κ1) is 13.2. The molecule has 3 nitrogen and oxygen atoms in total. The van der Waals surface area contributed by atoms with Crippen molar-refractivity contribution >= 4 is 5.97 Å². The number of ether oxygens (including phenoxy) is 1. The van der Waals surface area contributed by atoms with Crippen LogP contribution in [0.3, 0.4) is 0 Å². The summed E-state index contributed by atoms with van der Waals surface area (Å²) in [6.07, 6.45) is 6.92. The Labute approximate surface area is 101 Å². The second kappa shape index (κ2) is 7.41. The van der Waals surface area contributed by atoms with Gasteiger partial charge in [-0.1, -0.05) is 48.6 Å². The Morgan fingerprint density at radius 3 is 2.65 bits per heavy atom. The summed E-state index contributed by atoms with van der Waals surface area (Å²) >= 11 is 0. The molecule has 3 heteroatoms. The minimum Gasteiger partial charge on any atom is -0.478 e. The van der Waals surface area contributed by atoms with Crippen LogP contribution in [-0.4, -0.2) is 18.2 Å². The van der Waals surface area contributed by atoms with E-state index in [0.29, 0.717) is 6.42 Å². The molecule has 0 saturated carbocycles. The standard InChI is InChI=1S/C14H16O3/c1-17-13(12-8-4-2-5-9-12)10-6-3-7-11-14(15)16/h2-9,11,13H,10H2,1H3,(H,15,16)/b6-3+,11-7+. The molecule has 1 unspecified atom stereocenters. The fraction of sp³-hybridized carbons (Fsp3) is 0.214. The molecule has 0 aromatic heterocycles. The predicted octanol–water partition coefficient (Wildman–Crippen LogP) is 2.96. The van der Waals surface area contributed by atoms with Gasteiger partial charge in [-0.05, 0) is 12.0 Å². The zero-order valence-electron chi connectivity index (χ0n) is 9.74.